The molecule has 0 spiro atoms. The van der Waals surface area contributed by atoms with Gasteiger partial charge in [-0.2, -0.15) is 0 Å². The fourth-order valence-corrected chi connectivity index (χ4v) is 3.17. The zero-order chi connectivity index (χ0) is 15.0. The molecule has 21 heavy (non-hydrogen) atoms. The smallest absolute Gasteiger partial charge is 0.123 e. The fourth-order valence-electron chi connectivity index (χ4n) is 3.17. The van der Waals surface area contributed by atoms with E-state index in [1.807, 2.05) is 24.3 Å². The minimum atomic E-state index is 0.112. The van der Waals surface area contributed by atoms with Gasteiger partial charge in [-0.25, -0.2) is 0 Å². The summed E-state index contributed by atoms with van der Waals surface area (Å²) in [6, 6.07) is 12.2. The largest absolute Gasteiger partial charge is 0.384 e. The van der Waals surface area contributed by atoms with Gasteiger partial charge in [-0.3, -0.25) is 5.41 Å². The van der Waals surface area contributed by atoms with Crippen molar-refractivity contribution < 1.29 is 4.74 Å². The van der Waals surface area contributed by atoms with Crippen LogP contribution in [0.25, 0.3) is 10.8 Å². The Bertz CT molecular complexity index is 673. The van der Waals surface area contributed by atoms with Crippen molar-refractivity contribution in [2.75, 3.05) is 18.0 Å². The van der Waals surface area contributed by atoms with Crippen molar-refractivity contribution in [2.24, 2.45) is 5.73 Å². The second kappa shape index (κ2) is 5.37. The molecule has 110 valence electrons. The van der Waals surface area contributed by atoms with E-state index < -0.39 is 0 Å². The maximum atomic E-state index is 7.74. The number of nitrogens with one attached hydrogen (secondary N) is 1. The number of ether oxygens (including phenoxy) is 1. The van der Waals surface area contributed by atoms with Crippen LogP contribution in [0.2, 0.25) is 0 Å². The molecule has 1 aliphatic rings. The molecule has 0 aliphatic carbocycles. The zero-order valence-electron chi connectivity index (χ0n) is 12.5. The normalized spacial score (nSPS) is 22.5. The Balaban J connectivity index is 2.11. The average Bonchev–Trinajstić information content (AvgIpc) is 2.44. The average molecular weight is 283 g/mol. The van der Waals surface area contributed by atoms with E-state index in [-0.39, 0.29) is 18.0 Å². The highest BCUT2D eigenvalue weighted by Gasteiger charge is 2.23. The topological polar surface area (TPSA) is 62.3 Å². The van der Waals surface area contributed by atoms with Crippen molar-refractivity contribution in [1.29, 1.82) is 5.41 Å². The highest BCUT2D eigenvalue weighted by molar-refractivity contribution is 6.10. The van der Waals surface area contributed by atoms with Gasteiger partial charge >= 0.3 is 0 Å². The molecule has 2 atom stereocenters. The van der Waals surface area contributed by atoms with Crippen LogP contribution in [-0.4, -0.2) is 31.1 Å². The first-order chi connectivity index (χ1) is 10.1. The maximum absolute atomic E-state index is 7.74. The molecule has 0 unspecified atom stereocenters. The molecule has 0 saturated carbocycles. The number of amidine groups is 1. The number of nitrogens with zero attached hydrogens (tertiary/aromatic N) is 1. The summed E-state index contributed by atoms with van der Waals surface area (Å²) in [5, 5.41) is 9.92. The molecule has 1 heterocycles. The zero-order valence-corrected chi connectivity index (χ0v) is 12.5. The summed E-state index contributed by atoms with van der Waals surface area (Å²) in [5.41, 5.74) is 7.69. The van der Waals surface area contributed by atoms with Crippen molar-refractivity contribution >= 4 is 22.3 Å². The van der Waals surface area contributed by atoms with Crippen molar-refractivity contribution in [3.63, 3.8) is 0 Å². The van der Waals surface area contributed by atoms with Gasteiger partial charge in [0.05, 0.1) is 12.2 Å². The van der Waals surface area contributed by atoms with Crippen LogP contribution in [0.3, 0.4) is 0 Å². The van der Waals surface area contributed by atoms with E-state index in [0.717, 1.165) is 29.4 Å². The molecule has 0 amide bonds. The van der Waals surface area contributed by atoms with E-state index >= 15 is 0 Å². The van der Waals surface area contributed by atoms with Crippen molar-refractivity contribution in [3.8, 4) is 0 Å². The van der Waals surface area contributed by atoms with Gasteiger partial charge in [0.2, 0.25) is 0 Å². The minimum absolute atomic E-state index is 0.112. The molecule has 2 aromatic carbocycles. The number of hydrogen-bond acceptors (Lipinski definition) is 3. The highest BCUT2D eigenvalue weighted by Crippen LogP contribution is 2.31. The predicted octanol–water partition coefficient (Wildman–Crippen LogP) is 2.74. The Hall–Kier alpha value is -2.07. The van der Waals surface area contributed by atoms with Gasteiger partial charge in [-0.05, 0) is 31.4 Å². The summed E-state index contributed by atoms with van der Waals surface area (Å²) in [6.45, 7) is 5.98. The van der Waals surface area contributed by atoms with Crippen LogP contribution in [-0.2, 0) is 4.74 Å². The summed E-state index contributed by atoms with van der Waals surface area (Å²) in [6.07, 6.45) is 0.444. The van der Waals surface area contributed by atoms with Gasteiger partial charge in [0.1, 0.15) is 5.84 Å². The quantitative estimate of drug-likeness (QED) is 0.658. The van der Waals surface area contributed by atoms with Crippen molar-refractivity contribution in [3.05, 3.63) is 42.0 Å². The highest BCUT2D eigenvalue weighted by atomic mass is 16.5. The number of nitrogens with two attached hydrogens (primary N) is 1. The summed E-state index contributed by atoms with van der Waals surface area (Å²) in [5.74, 6) is 0.112. The molecule has 1 fully saturated rings. The summed E-state index contributed by atoms with van der Waals surface area (Å²) in [4.78, 5) is 2.37. The third-order valence-corrected chi connectivity index (χ3v) is 3.95. The predicted molar refractivity (Wildman–Crippen MR) is 87.2 cm³/mol. The molecule has 3 N–H and O–H groups in total. The van der Waals surface area contributed by atoms with E-state index in [0.29, 0.717) is 0 Å². The number of morpholine rings is 1. The first-order valence-corrected chi connectivity index (χ1v) is 7.33. The summed E-state index contributed by atoms with van der Waals surface area (Å²) < 4.78 is 5.82. The molecule has 4 nitrogen and oxygen atoms in total. The van der Waals surface area contributed by atoms with E-state index in [1.54, 1.807) is 0 Å². The Morgan fingerprint density at radius 1 is 1.10 bits per heavy atom. The van der Waals surface area contributed by atoms with Crippen LogP contribution in [0.15, 0.2) is 36.4 Å². The van der Waals surface area contributed by atoms with Crippen molar-refractivity contribution in [1.82, 2.24) is 0 Å². The Morgan fingerprint density at radius 2 is 1.71 bits per heavy atom. The second-order valence-electron chi connectivity index (χ2n) is 5.75. The molecule has 3 rings (SSSR count). The number of benzene rings is 2. The molecule has 0 radical (unpaired) electrons. The number of hydrogen-bond donors (Lipinski definition) is 2. The third-order valence-electron chi connectivity index (χ3n) is 3.95. The van der Waals surface area contributed by atoms with E-state index in [9.17, 15) is 0 Å². The van der Waals surface area contributed by atoms with Gasteiger partial charge in [-0.15, -0.1) is 0 Å². The van der Waals surface area contributed by atoms with Gasteiger partial charge in [0.15, 0.2) is 0 Å². The van der Waals surface area contributed by atoms with Gasteiger partial charge in [0.25, 0.3) is 0 Å². The first kappa shape index (κ1) is 13.9. The first-order valence-electron chi connectivity index (χ1n) is 7.33. The third kappa shape index (κ3) is 2.59. The Morgan fingerprint density at radius 3 is 2.33 bits per heavy atom. The van der Waals surface area contributed by atoms with E-state index in [1.165, 1.54) is 5.69 Å². The summed E-state index contributed by atoms with van der Waals surface area (Å²) in [7, 11) is 0. The SMILES string of the molecule is C[C@@H]1CN(c2ccc(C(=N)N)c3ccccc23)C[C@H](C)O1. The van der Waals surface area contributed by atoms with Crippen LogP contribution in [0, 0.1) is 5.41 Å². The molecule has 4 heteroatoms. The van der Waals surface area contributed by atoms with Crippen LogP contribution in [0.1, 0.15) is 19.4 Å². The molecular formula is C17H21N3O. The molecule has 1 aliphatic heterocycles. The van der Waals surface area contributed by atoms with E-state index in [4.69, 9.17) is 15.9 Å². The lowest BCUT2D eigenvalue weighted by Gasteiger charge is -2.37. The number of rotatable bonds is 2. The molecular weight excluding hydrogens is 262 g/mol. The van der Waals surface area contributed by atoms with Crippen LogP contribution in [0.5, 0.6) is 0 Å². The standard InChI is InChI=1S/C17H21N3O/c1-11-9-20(10-12(2)21-11)16-8-7-15(17(18)19)13-5-3-4-6-14(13)16/h3-8,11-12H,9-10H2,1-2H3,(H3,18,19)/t11-,12+. The maximum Gasteiger partial charge on any atom is 0.123 e. The Labute approximate surface area is 125 Å². The van der Waals surface area contributed by atoms with E-state index in [2.05, 4.69) is 30.9 Å². The molecule has 1 saturated heterocycles. The molecule has 0 aromatic heterocycles. The van der Waals surface area contributed by atoms with Crippen LogP contribution >= 0.6 is 0 Å². The van der Waals surface area contributed by atoms with Crippen LogP contribution in [0.4, 0.5) is 5.69 Å². The number of anilines is 1. The Kier molecular flexibility index (Phi) is 3.55. The van der Waals surface area contributed by atoms with Gasteiger partial charge in [0, 0.05) is 29.7 Å². The second-order valence-corrected chi connectivity index (χ2v) is 5.75. The van der Waals surface area contributed by atoms with Crippen LogP contribution < -0.4 is 10.6 Å². The van der Waals surface area contributed by atoms with Crippen molar-refractivity contribution in [2.45, 2.75) is 26.1 Å². The number of fused-ring (bicyclic) bond motifs is 1. The lowest BCUT2D eigenvalue weighted by Crippen LogP contribution is -2.45. The lowest BCUT2D eigenvalue weighted by atomic mass is 10.0. The fraction of sp³-hybridized carbons (Fsp3) is 0.353. The summed E-state index contributed by atoms with van der Waals surface area (Å²) >= 11 is 0. The lowest BCUT2D eigenvalue weighted by molar-refractivity contribution is -0.00513. The molecule has 0 bridgehead atoms. The monoisotopic (exact) mass is 283 g/mol. The number of nitrogen functional groups attached to an aromatic ring is 1. The minimum Gasteiger partial charge on any atom is -0.384 e. The van der Waals surface area contributed by atoms with Gasteiger partial charge < -0.3 is 15.4 Å². The molecule has 2 aromatic rings. The van der Waals surface area contributed by atoms with Gasteiger partial charge in [-0.1, -0.05) is 24.3 Å².